The van der Waals surface area contributed by atoms with E-state index < -0.39 is 5.60 Å². The number of carbonyl (C=O) groups excluding carboxylic acids is 1. The van der Waals surface area contributed by atoms with Crippen molar-refractivity contribution in [3.63, 3.8) is 0 Å². The second-order valence-electron chi connectivity index (χ2n) is 9.41. The molecule has 4 heteroatoms. The summed E-state index contributed by atoms with van der Waals surface area (Å²) in [6.45, 7) is 4.05. The molecule has 0 aromatic rings. The SMILES string of the molecule is CCCCC[C@@](C)(O)/C=C/[C@@H]1[C@H]2CC(CCCCC(=O)N(C)C)=C[C@H]2C[C@H]1O. The zero-order valence-corrected chi connectivity index (χ0v) is 18.4. The van der Waals surface area contributed by atoms with Crippen LogP contribution in [0.4, 0.5) is 0 Å². The minimum atomic E-state index is -0.777. The number of aliphatic hydroxyl groups is 2. The molecule has 28 heavy (non-hydrogen) atoms. The predicted octanol–water partition coefficient (Wildman–Crippen LogP) is 4.47. The zero-order valence-electron chi connectivity index (χ0n) is 18.4. The summed E-state index contributed by atoms with van der Waals surface area (Å²) in [5.41, 5.74) is 0.716. The fraction of sp³-hybridized carbons (Fsp3) is 0.792. The molecule has 2 N–H and O–H groups in total. The third kappa shape index (κ3) is 6.73. The van der Waals surface area contributed by atoms with Crippen LogP contribution in [0.25, 0.3) is 0 Å². The summed E-state index contributed by atoms with van der Waals surface area (Å²) in [6, 6.07) is 0. The third-order valence-electron chi connectivity index (χ3n) is 6.55. The summed E-state index contributed by atoms with van der Waals surface area (Å²) in [5.74, 6) is 1.28. The molecule has 5 atom stereocenters. The summed E-state index contributed by atoms with van der Waals surface area (Å²) in [6.07, 6.45) is 15.8. The van der Waals surface area contributed by atoms with Crippen LogP contribution in [0.15, 0.2) is 23.8 Å². The van der Waals surface area contributed by atoms with Gasteiger partial charge in [-0.25, -0.2) is 0 Å². The van der Waals surface area contributed by atoms with Gasteiger partial charge in [0.25, 0.3) is 0 Å². The monoisotopic (exact) mass is 391 g/mol. The van der Waals surface area contributed by atoms with Gasteiger partial charge in [-0.05, 0) is 57.3 Å². The molecule has 0 radical (unpaired) electrons. The lowest BCUT2D eigenvalue weighted by Crippen LogP contribution is -2.23. The number of hydrogen-bond acceptors (Lipinski definition) is 3. The highest BCUT2D eigenvalue weighted by Crippen LogP contribution is 2.48. The van der Waals surface area contributed by atoms with E-state index in [0.29, 0.717) is 18.3 Å². The van der Waals surface area contributed by atoms with Crippen LogP contribution in [0.1, 0.15) is 78.1 Å². The number of fused-ring (bicyclic) bond motifs is 1. The summed E-state index contributed by atoms with van der Waals surface area (Å²) in [7, 11) is 3.62. The van der Waals surface area contributed by atoms with Crippen molar-refractivity contribution >= 4 is 5.91 Å². The molecular weight excluding hydrogens is 350 g/mol. The number of allylic oxidation sites excluding steroid dienone is 2. The van der Waals surface area contributed by atoms with Crippen LogP contribution in [-0.2, 0) is 4.79 Å². The Balaban J connectivity index is 1.81. The maximum atomic E-state index is 11.7. The van der Waals surface area contributed by atoms with Gasteiger partial charge >= 0.3 is 0 Å². The van der Waals surface area contributed by atoms with Crippen LogP contribution in [0.5, 0.6) is 0 Å². The Labute approximate surface area is 171 Å². The number of unbranched alkanes of at least 4 members (excludes halogenated alkanes) is 3. The van der Waals surface area contributed by atoms with Crippen molar-refractivity contribution in [1.29, 1.82) is 0 Å². The van der Waals surface area contributed by atoms with E-state index in [2.05, 4.69) is 19.1 Å². The molecule has 0 heterocycles. The fourth-order valence-electron chi connectivity index (χ4n) is 4.78. The first kappa shape index (κ1) is 23.2. The van der Waals surface area contributed by atoms with Crippen molar-refractivity contribution in [2.45, 2.75) is 89.8 Å². The van der Waals surface area contributed by atoms with Crippen molar-refractivity contribution in [2.24, 2.45) is 17.8 Å². The molecule has 0 spiro atoms. The Kier molecular flexibility index (Phi) is 8.76. The average Bonchev–Trinajstić information content (AvgIpc) is 3.13. The standard InChI is InChI=1S/C24H41NO3/c1-5-6-9-13-24(2,28)14-12-20-21-16-18(15-19(21)17-22(20)26)10-7-8-11-23(27)25(3)4/h12,14-15,19-22,26,28H,5-11,13,16-17H2,1-4H3/b14-12+/t19-,20+,21-,22+,24+/m0/s1. The average molecular weight is 392 g/mol. The Morgan fingerprint density at radius 3 is 2.71 bits per heavy atom. The molecule has 0 aromatic carbocycles. The number of nitrogens with zero attached hydrogens (tertiary/aromatic N) is 1. The summed E-state index contributed by atoms with van der Waals surface area (Å²) in [4.78, 5) is 13.3. The third-order valence-corrected chi connectivity index (χ3v) is 6.55. The number of rotatable bonds is 11. The lowest BCUT2D eigenvalue weighted by atomic mass is 9.87. The van der Waals surface area contributed by atoms with E-state index in [1.807, 2.05) is 27.1 Å². The van der Waals surface area contributed by atoms with Crippen molar-refractivity contribution in [3.8, 4) is 0 Å². The van der Waals surface area contributed by atoms with Gasteiger partial charge in [-0.2, -0.15) is 0 Å². The smallest absolute Gasteiger partial charge is 0.222 e. The molecule has 1 saturated carbocycles. The van der Waals surface area contributed by atoms with E-state index in [1.165, 1.54) is 5.57 Å². The predicted molar refractivity (Wildman–Crippen MR) is 115 cm³/mol. The van der Waals surface area contributed by atoms with E-state index in [-0.39, 0.29) is 17.9 Å². The normalized spacial score (nSPS) is 29.0. The van der Waals surface area contributed by atoms with Gasteiger partial charge in [-0.1, -0.05) is 50.0 Å². The molecule has 4 nitrogen and oxygen atoms in total. The summed E-state index contributed by atoms with van der Waals surface area (Å²) in [5, 5.41) is 21.1. The first-order valence-electron chi connectivity index (χ1n) is 11.2. The van der Waals surface area contributed by atoms with Gasteiger partial charge in [0.15, 0.2) is 0 Å². The Bertz CT molecular complexity index is 564. The van der Waals surface area contributed by atoms with Crippen LogP contribution in [0.2, 0.25) is 0 Å². The molecule has 1 amide bonds. The van der Waals surface area contributed by atoms with Crippen molar-refractivity contribution in [2.75, 3.05) is 14.1 Å². The maximum absolute atomic E-state index is 11.7. The molecule has 0 aromatic heterocycles. The van der Waals surface area contributed by atoms with E-state index in [1.54, 1.807) is 4.90 Å². The van der Waals surface area contributed by atoms with Gasteiger partial charge in [-0.15, -0.1) is 0 Å². The first-order chi connectivity index (χ1) is 13.2. The van der Waals surface area contributed by atoms with Crippen molar-refractivity contribution in [3.05, 3.63) is 23.8 Å². The van der Waals surface area contributed by atoms with E-state index >= 15 is 0 Å². The Morgan fingerprint density at radius 1 is 1.29 bits per heavy atom. The van der Waals surface area contributed by atoms with E-state index in [9.17, 15) is 15.0 Å². The van der Waals surface area contributed by atoms with Gasteiger partial charge in [0.1, 0.15) is 0 Å². The number of hydrogen-bond donors (Lipinski definition) is 2. The molecule has 0 bridgehead atoms. The van der Waals surface area contributed by atoms with Crippen LogP contribution in [-0.4, -0.2) is 46.8 Å². The van der Waals surface area contributed by atoms with Crippen LogP contribution in [0, 0.1) is 17.8 Å². The van der Waals surface area contributed by atoms with Crippen molar-refractivity contribution < 1.29 is 15.0 Å². The van der Waals surface area contributed by atoms with Gasteiger partial charge in [0, 0.05) is 26.4 Å². The maximum Gasteiger partial charge on any atom is 0.222 e. The minimum Gasteiger partial charge on any atom is -0.392 e. The molecule has 2 rings (SSSR count). The van der Waals surface area contributed by atoms with Gasteiger partial charge in [0.2, 0.25) is 5.91 Å². The van der Waals surface area contributed by atoms with Crippen LogP contribution >= 0.6 is 0 Å². The number of carbonyl (C=O) groups is 1. The highest BCUT2D eigenvalue weighted by Gasteiger charge is 2.43. The second kappa shape index (κ2) is 10.6. The van der Waals surface area contributed by atoms with Crippen molar-refractivity contribution in [1.82, 2.24) is 4.90 Å². The van der Waals surface area contributed by atoms with Gasteiger partial charge in [-0.3, -0.25) is 4.79 Å². The molecule has 0 saturated heterocycles. The molecule has 1 fully saturated rings. The molecule has 0 unspecified atom stereocenters. The lowest BCUT2D eigenvalue weighted by molar-refractivity contribution is -0.128. The van der Waals surface area contributed by atoms with E-state index in [4.69, 9.17) is 0 Å². The van der Waals surface area contributed by atoms with Gasteiger partial charge < -0.3 is 15.1 Å². The quantitative estimate of drug-likeness (QED) is 0.404. The van der Waals surface area contributed by atoms with Gasteiger partial charge in [0.05, 0.1) is 11.7 Å². The largest absolute Gasteiger partial charge is 0.392 e. The number of aliphatic hydroxyl groups excluding tert-OH is 1. The van der Waals surface area contributed by atoms with Crippen LogP contribution < -0.4 is 0 Å². The Hall–Kier alpha value is -1.13. The topological polar surface area (TPSA) is 60.8 Å². The number of amides is 1. The highest BCUT2D eigenvalue weighted by molar-refractivity contribution is 5.75. The minimum absolute atomic E-state index is 0.145. The first-order valence-corrected chi connectivity index (χ1v) is 11.2. The molecule has 2 aliphatic rings. The zero-order chi connectivity index (χ0) is 20.7. The Morgan fingerprint density at radius 2 is 2.04 bits per heavy atom. The molecule has 0 aliphatic heterocycles. The second-order valence-corrected chi connectivity index (χ2v) is 9.41. The summed E-state index contributed by atoms with van der Waals surface area (Å²) < 4.78 is 0. The fourth-order valence-corrected chi connectivity index (χ4v) is 4.78. The summed E-state index contributed by atoms with van der Waals surface area (Å²) >= 11 is 0. The molecular formula is C24H41NO3. The van der Waals surface area contributed by atoms with E-state index in [0.717, 1.165) is 57.8 Å². The highest BCUT2D eigenvalue weighted by atomic mass is 16.3. The van der Waals surface area contributed by atoms with Crippen LogP contribution in [0.3, 0.4) is 0 Å². The molecule has 160 valence electrons. The lowest BCUT2D eigenvalue weighted by Gasteiger charge is -2.22. The molecule has 2 aliphatic carbocycles.